The topological polar surface area (TPSA) is 92.0 Å². The van der Waals surface area contributed by atoms with Crippen molar-refractivity contribution >= 4 is 33.8 Å². The van der Waals surface area contributed by atoms with Crippen LogP contribution in [0.25, 0.3) is 33.5 Å². The molecule has 6 aromatic rings. The molecule has 0 bridgehead atoms. The van der Waals surface area contributed by atoms with Gasteiger partial charge in [0.15, 0.2) is 21.6 Å². The molecule has 0 saturated carbocycles. The molecule has 4 aromatic heterocycles. The van der Waals surface area contributed by atoms with Crippen LogP contribution in [0.3, 0.4) is 0 Å². The number of ether oxygens (including phenoxy) is 1. The lowest BCUT2D eigenvalue weighted by Crippen LogP contribution is -2.03. The van der Waals surface area contributed by atoms with Crippen molar-refractivity contribution in [3.8, 4) is 17.1 Å². The molecule has 0 radical (unpaired) electrons. The fraction of sp³-hybridized carbons (Fsp3) is 0.0833. The number of rotatable bonds is 6. The molecule has 0 amide bonds. The first kappa shape index (κ1) is 19.6. The van der Waals surface area contributed by atoms with E-state index in [1.807, 2.05) is 65.2 Å². The van der Waals surface area contributed by atoms with E-state index in [0.29, 0.717) is 28.1 Å². The maximum atomic E-state index is 6.08. The minimum Gasteiger partial charge on any atom is -0.497 e. The molecule has 0 aliphatic carbocycles. The van der Waals surface area contributed by atoms with E-state index in [2.05, 4.69) is 20.2 Å². The van der Waals surface area contributed by atoms with E-state index in [-0.39, 0.29) is 0 Å². The smallest absolute Gasteiger partial charge is 0.198 e. The monoisotopic (exact) mass is 455 g/mol. The summed E-state index contributed by atoms with van der Waals surface area (Å²) in [5.41, 5.74) is 3.05. The van der Waals surface area contributed by atoms with Crippen LogP contribution >= 0.6 is 11.8 Å². The van der Waals surface area contributed by atoms with Crippen molar-refractivity contribution < 1.29 is 13.6 Å². The van der Waals surface area contributed by atoms with E-state index in [1.165, 1.54) is 11.8 Å². The van der Waals surface area contributed by atoms with Crippen molar-refractivity contribution in [2.45, 2.75) is 16.7 Å². The Labute approximate surface area is 192 Å². The van der Waals surface area contributed by atoms with Crippen LogP contribution in [0.2, 0.25) is 0 Å². The van der Waals surface area contributed by atoms with Gasteiger partial charge in [-0.1, -0.05) is 24.3 Å². The summed E-state index contributed by atoms with van der Waals surface area (Å²) in [7, 11) is 1.64. The van der Waals surface area contributed by atoms with Gasteiger partial charge in [0.2, 0.25) is 0 Å². The molecule has 9 heteroatoms. The summed E-state index contributed by atoms with van der Waals surface area (Å²) in [4.78, 5) is 8.92. The second-order valence-electron chi connectivity index (χ2n) is 7.26. The number of fused-ring (bicyclic) bond motifs is 3. The number of hydrogen-bond acceptors (Lipinski definition) is 8. The Kier molecular flexibility index (Phi) is 4.80. The van der Waals surface area contributed by atoms with Gasteiger partial charge in [-0.15, -0.1) is 10.2 Å². The van der Waals surface area contributed by atoms with Gasteiger partial charge >= 0.3 is 0 Å². The molecule has 0 fully saturated rings. The Hall–Kier alpha value is -4.11. The van der Waals surface area contributed by atoms with Crippen molar-refractivity contribution in [1.29, 1.82) is 0 Å². The second-order valence-corrected chi connectivity index (χ2v) is 8.22. The van der Waals surface area contributed by atoms with Gasteiger partial charge in [-0.05, 0) is 48.2 Å². The van der Waals surface area contributed by atoms with Crippen LogP contribution in [0.15, 0.2) is 92.3 Å². The third-order valence-electron chi connectivity index (χ3n) is 5.25. The predicted molar refractivity (Wildman–Crippen MR) is 123 cm³/mol. The third-order valence-corrected chi connectivity index (χ3v) is 6.22. The zero-order valence-electron chi connectivity index (χ0n) is 17.5. The lowest BCUT2D eigenvalue weighted by Gasteiger charge is -2.09. The van der Waals surface area contributed by atoms with Crippen molar-refractivity contribution in [2.24, 2.45) is 0 Å². The molecule has 0 aliphatic rings. The molecule has 0 atom stereocenters. The number of aromatic nitrogens is 5. The summed E-state index contributed by atoms with van der Waals surface area (Å²) in [5, 5.41) is 11.2. The van der Waals surface area contributed by atoms with Gasteiger partial charge in [0.25, 0.3) is 0 Å². The normalized spacial score (nSPS) is 11.4. The first-order chi connectivity index (χ1) is 16.3. The molecule has 0 spiro atoms. The quantitative estimate of drug-likeness (QED) is 0.307. The van der Waals surface area contributed by atoms with E-state index >= 15 is 0 Å². The minimum atomic E-state index is 0.462. The first-order valence-electron chi connectivity index (χ1n) is 10.2. The lowest BCUT2D eigenvalue weighted by atomic mass is 10.2. The Morgan fingerprint density at radius 3 is 2.82 bits per heavy atom. The minimum absolute atomic E-state index is 0.462. The summed E-state index contributed by atoms with van der Waals surface area (Å²) < 4.78 is 19.1. The molecule has 4 heterocycles. The molecule has 162 valence electrons. The highest BCUT2D eigenvalue weighted by Gasteiger charge is 2.20. The van der Waals surface area contributed by atoms with E-state index < -0.39 is 0 Å². The van der Waals surface area contributed by atoms with Gasteiger partial charge in [0, 0.05) is 10.9 Å². The Morgan fingerprint density at radius 2 is 1.94 bits per heavy atom. The van der Waals surface area contributed by atoms with Gasteiger partial charge in [-0.3, -0.25) is 4.57 Å². The molecule has 0 saturated heterocycles. The van der Waals surface area contributed by atoms with Crippen LogP contribution in [-0.2, 0) is 6.54 Å². The van der Waals surface area contributed by atoms with Crippen molar-refractivity contribution in [3.05, 3.63) is 79.0 Å². The Balaban J connectivity index is 1.47. The van der Waals surface area contributed by atoms with E-state index in [9.17, 15) is 0 Å². The van der Waals surface area contributed by atoms with Crippen molar-refractivity contribution in [1.82, 2.24) is 24.7 Å². The van der Waals surface area contributed by atoms with Gasteiger partial charge < -0.3 is 13.6 Å². The highest BCUT2D eigenvalue weighted by Crippen LogP contribution is 2.36. The van der Waals surface area contributed by atoms with Gasteiger partial charge in [-0.2, -0.15) is 0 Å². The largest absolute Gasteiger partial charge is 0.497 e. The molecule has 8 nitrogen and oxygen atoms in total. The summed E-state index contributed by atoms with van der Waals surface area (Å²) in [6.07, 6.45) is 3.20. The van der Waals surface area contributed by atoms with Gasteiger partial charge in [0.1, 0.15) is 28.9 Å². The average Bonchev–Trinajstić information content (AvgIpc) is 3.59. The maximum absolute atomic E-state index is 6.08. The maximum Gasteiger partial charge on any atom is 0.198 e. The first-order valence-corrected chi connectivity index (χ1v) is 11.0. The highest BCUT2D eigenvalue weighted by molar-refractivity contribution is 7.99. The predicted octanol–water partition coefficient (Wildman–Crippen LogP) is 5.44. The molecular weight excluding hydrogens is 438 g/mol. The van der Waals surface area contributed by atoms with Crippen LogP contribution < -0.4 is 4.74 Å². The summed E-state index contributed by atoms with van der Waals surface area (Å²) in [5.74, 6) is 2.23. The standard InChI is InChI=1S/C24H17N5O3S/c1-30-16-7-4-6-15(12-16)22-27-28-24(29(22)13-17-8-5-11-31-17)33-23-21-20(25-14-26-23)18-9-2-3-10-19(18)32-21/h2-12,14H,13H2,1H3. The lowest BCUT2D eigenvalue weighted by molar-refractivity contribution is 0.415. The molecule has 2 aromatic carbocycles. The number of nitrogens with zero attached hydrogens (tertiary/aromatic N) is 5. The fourth-order valence-electron chi connectivity index (χ4n) is 3.70. The van der Waals surface area contributed by atoms with E-state index in [1.54, 1.807) is 19.7 Å². The zero-order valence-corrected chi connectivity index (χ0v) is 18.3. The van der Waals surface area contributed by atoms with Crippen LogP contribution in [0.1, 0.15) is 5.76 Å². The number of hydrogen-bond donors (Lipinski definition) is 0. The van der Waals surface area contributed by atoms with Crippen molar-refractivity contribution in [2.75, 3.05) is 7.11 Å². The molecule has 33 heavy (non-hydrogen) atoms. The SMILES string of the molecule is COc1cccc(-c2nnc(Sc3ncnc4c3oc3ccccc34)n2Cc2ccco2)c1. The van der Waals surface area contributed by atoms with Crippen LogP contribution in [0.5, 0.6) is 5.75 Å². The van der Waals surface area contributed by atoms with Gasteiger partial charge in [0.05, 0.1) is 19.9 Å². The number of furan rings is 2. The van der Waals surface area contributed by atoms with Crippen LogP contribution in [0.4, 0.5) is 0 Å². The Morgan fingerprint density at radius 1 is 1.00 bits per heavy atom. The highest BCUT2D eigenvalue weighted by atomic mass is 32.2. The van der Waals surface area contributed by atoms with E-state index in [4.69, 9.17) is 13.6 Å². The second kappa shape index (κ2) is 8.10. The zero-order chi connectivity index (χ0) is 22.2. The summed E-state index contributed by atoms with van der Waals surface area (Å²) in [6, 6.07) is 19.3. The molecule has 6 rings (SSSR count). The van der Waals surface area contributed by atoms with Gasteiger partial charge in [-0.25, -0.2) is 9.97 Å². The molecular formula is C24H17N5O3S. The van der Waals surface area contributed by atoms with E-state index in [0.717, 1.165) is 33.6 Å². The molecule has 0 N–H and O–H groups in total. The summed E-state index contributed by atoms with van der Waals surface area (Å²) >= 11 is 1.38. The Bertz CT molecular complexity index is 1570. The van der Waals surface area contributed by atoms with Crippen LogP contribution in [-0.4, -0.2) is 31.8 Å². The molecule has 0 unspecified atom stereocenters. The van der Waals surface area contributed by atoms with Crippen LogP contribution in [0, 0.1) is 0 Å². The average molecular weight is 455 g/mol. The third kappa shape index (κ3) is 3.52. The summed E-state index contributed by atoms with van der Waals surface area (Å²) in [6.45, 7) is 0.462. The molecule has 0 aliphatic heterocycles. The fourth-order valence-corrected chi connectivity index (χ4v) is 4.55. The number of para-hydroxylation sites is 1. The number of methoxy groups -OCH3 is 1. The number of benzene rings is 2. The van der Waals surface area contributed by atoms with Crippen molar-refractivity contribution in [3.63, 3.8) is 0 Å².